The Morgan fingerprint density at radius 2 is 1.39 bits per heavy atom. The van der Waals surface area contributed by atoms with E-state index in [1.807, 2.05) is 7.11 Å². The Kier molecular flexibility index (Phi) is 10.0. The Morgan fingerprint density at radius 1 is 0.818 bits per heavy atom. The lowest BCUT2D eigenvalue weighted by Gasteiger charge is -2.50. The average Bonchev–Trinajstić information content (AvgIpc) is 2.89. The van der Waals surface area contributed by atoms with Gasteiger partial charge in [0.15, 0.2) is 0 Å². The summed E-state index contributed by atoms with van der Waals surface area (Å²) in [7, 11) is 1.89. The summed E-state index contributed by atoms with van der Waals surface area (Å²) in [5.74, 6) is 1.19. The SMILES string of the molecule is CCOCC(COC)(C1CCCCC1)C(CC)CC(CC)(c1ccccc1)c1ccccc1. The van der Waals surface area contributed by atoms with E-state index in [1.165, 1.54) is 43.2 Å². The average molecular weight is 451 g/mol. The van der Waals surface area contributed by atoms with Crippen LogP contribution in [0.3, 0.4) is 0 Å². The summed E-state index contributed by atoms with van der Waals surface area (Å²) in [6.45, 7) is 9.26. The first-order valence-electron chi connectivity index (χ1n) is 13.3. The van der Waals surface area contributed by atoms with Crippen LogP contribution >= 0.6 is 0 Å². The van der Waals surface area contributed by atoms with Crippen LogP contribution < -0.4 is 0 Å². The van der Waals surface area contributed by atoms with Crippen LogP contribution in [0.25, 0.3) is 0 Å². The highest BCUT2D eigenvalue weighted by Crippen LogP contribution is 2.52. The molecule has 0 saturated heterocycles. The molecule has 0 heterocycles. The van der Waals surface area contributed by atoms with Crippen LogP contribution in [0.5, 0.6) is 0 Å². The first-order valence-corrected chi connectivity index (χ1v) is 13.3. The maximum absolute atomic E-state index is 6.27. The van der Waals surface area contributed by atoms with Crippen LogP contribution in [0.15, 0.2) is 60.7 Å². The van der Waals surface area contributed by atoms with Crippen molar-refractivity contribution < 1.29 is 9.47 Å². The lowest BCUT2D eigenvalue weighted by molar-refractivity contribution is -0.0949. The third kappa shape index (κ3) is 5.72. The van der Waals surface area contributed by atoms with E-state index in [0.29, 0.717) is 11.8 Å². The molecule has 2 aromatic rings. The van der Waals surface area contributed by atoms with Gasteiger partial charge in [0.05, 0.1) is 13.2 Å². The van der Waals surface area contributed by atoms with Gasteiger partial charge >= 0.3 is 0 Å². The summed E-state index contributed by atoms with van der Waals surface area (Å²) < 4.78 is 12.3. The second kappa shape index (κ2) is 12.7. The molecule has 2 nitrogen and oxygen atoms in total. The van der Waals surface area contributed by atoms with Gasteiger partial charge in [-0.3, -0.25) is 0 Å². The van der Waals surface area contributed by atoms with Crippen LogP contribution in [0.4, 0.5) is 0 Å². The van der Waals surface area contributed by atoms with Gasteiger partial charge in [0.2, 0.25) is 0 Å². The number of benzene rings is 2. The van der Waals surface area contributed by atoms with Crippen LogP contribution in [0, 0.1) is 17.3 Å². The van der Waals surface area contributed by atoms with E-state index >= 15 is 0 Å². The van der Waals surface area contributed by atoms with Crippen molar-refractivity contribution in [1.29, 1.82) is 0 Å². The minimum Gasteiger partial charge on any atom is -0.384 e. The molecule has 0 bridgehead atoms. The molecule has 1 saturated carbocycles. The van der Waals surface area contributed by atoms with Crippen molar-refractivity contribution in [1.82, 2.24) is 0 Å². The fourth-order valence-corrected chi connectivity index (χ4v) is 6.73. The van der Waals surface area contributed by atoms with Crippen molar-refractivity contribution in [2.45, 2.75) is 77.6 Å². The Labute approximate surface area is 203 Å². The van der Waals surface area contributed by atoms with E-state index in [9.17, 15) is 0 Å². The van der Waals surface area contributed by atoms with E-state index in [4.69, 9.17) is 9.47 Å². The normalized spacial score (nSPS) is 18.1. The molecular formula is C31H46O2. The van der Waals surface area contributed by atoms with Crippen LogP contribution in [0.1, 0.15) is 83.3 Å². The topological polar surface area (TPSA) is 18.5 Å². The van der Waals surface area contributed by atoms with Gasteiger partial charge in [0.25, 0.3) is 0 Å². The third-order valence-corrected chi connectivity index (χ3v) is 8.56. The largest absolute Gasteiger partial charge is 0.384 e. The number of methoxy groups -OCH3 is 1. The molecular weight excluding hydrogens is 404 g/mol. The predicted molar refractivity (Wildman–Crippen MR) is 140 cm³/mol. The van der Waals surface area contributed by atoms with E-state index in [1.54, 1.807) is 0 Å². The fourth-order valence-electron chi connectivity index (χ4n) is 6.73. The van der Waals surface area contributed by atoms with Crippen LogP contribution in [0.2, 0.25) is 0 Å². The number of ether oxygens (including phenoxy) is 2. The lowest BCUT2D eigenvalue weighted by Crippen LogP contribution is -2.49. The van der Waals surface area contributed by atoms with Crippen molar-refractivity contribution in [2.75, 3.05) is 26.9 Å². The van der Waals surface area contributed by atoms with E-state index in [2.05, 4.69) is 81.4 Å². The zero-order chi connectivity index (χ0) is 23.6. The van der Waals surface area contributed by atoms with Gasteiger partial charge in [0, 0.05) is 24.5 Å². The standard InChI is InChI=1S/C31H46O2/c1-5-26(31(24-32-4,25-33-7-3)29-21-15-10-16-22-29)23-30(6-2,27-17-11-8-12-18-27)28-19-13-9-14-20-28/h8-9,11-14,17-20,26,29H,5-7,10,15-16,21-25H2,1-4H3. The van der Waals surface area contributed by atoms with Crippen LogP contribution in [-0.4, -0.2) is 26.9 Å². The molecule has 33 heavy (non-hydrogen) atoms. The van der Waals surface area contributed by atoms with Crippen molar-refractivity contribution in [3.05, 3.63) is 71.8 Å². The second-order valence-corrected chi connectivity index (χ2v) is 10.1. The lowest BCUT2D eigenvalue weighted by atomic mass is 9.56. The Hall–Kier alpha value is -1.64. The molecule has 0 radical (unpaired) electrons. The molecule has 2 aromatic carbocycles. The minimum absolute atomic E-state index is 0.0108. The molecule has 0 N–H and O–H groups in total. The molecule has 0 amide bonds. The summed E-state index contributed by atoms with van der Waals surface area (Å²) >= 11 is 0. The third-order valence-electron chi connectivity index (χ3n) is 8.56. The highest BCUT2D eigenvalue weighted by Gasteiger charge is 2.48. The summed E-state index contributed by atoms with van der Waals surface area (Å²) in [6, 6.07) is 22.4. The summed E-state index contributed by atoms with van der Waals surface area (Å²) in [5, 5.41) is 0. The Bertz CT molecular complexity index is 742. The van der Waals surface area contributed by atoms with Crippen LogP contribution in [-0.2, 0) is 14.9 Å². The molecule has 2 heteroatoms. The highest BCUT2D eigenvalue weighted by atomic mass is 16.5. The van der Waals surface area contributed by atoms with Crippen molar-refractivity contribution >= 4 is 0 Å². The number of hydrogen-bond acceptors (Lipinski definition) is 2. The van der Waals surface area contributed by atoms with Gasteiger partial charge in [-0.25, -0.2) is 0 Å². The second-order valence-electron chi connectivity index (χ2n) is 10.1. The van der Waals surface area contributed by atoms with Gasteiger partial charge in [-0.15, -0.1) is 0 Å². The maximum Gasteiger partial charge on any atom is 0.0549 e. The van der Waals surface area contributed by atoms with Gasteiger partial charge in [-0.2, -0.15) is 0 Å². The molecule has 1 fully saturated rings. The molecule has 3 rings (SSSR count). The van der Waals surface area contributed by atoms with E-state index in [0.717, 1.165) is 39.1 Å². The van der Waals surface area contributed by atoms with E-state index in [-0.39, 0.29) is 10.8 Å². The summed E-state index contributed by atoms with van der Waals surface area (Å²) in [5.41, 5.74) is 2.92. The number of hydrogen-bond donors (Lipinski definition) is 0. The highest BCUT2D eigenvalue weighted by molar-refractivity contribution is 5.39. The molecule has 182 valence electrons. The fraction of sp³-hybridized carbons (Fsp3) is 0.613. The first-order chi connectivity index (χ1) is 16.2. The Balaban J connectivity index is 2.10. The zero-order valence-corrected chi connectivity index (χ0v) is 21.5. The van der Waals surface area contributed by atoms with Crippen molar-refractivity contribution in [3.8, 4) is 0 Å². The summed E-state index contributed by atoms with van der Waals surface area (Å²) in [4.78, 5) is 0. The zero-order valence-electron chi connectivity index (χ0n) is 21.5. The van der Waals surface area contributed by atoms with Crippen molar-refractivity contribution in [2.24, 2.45) is 17.3 Å². The minimum atomic E-state index is -0.0108. The molecule has 2 atom stereocenters. The van der Waals surface area contributed by atoms with Gasteiger partial charge in [-0.05, 0) is 55.6 Å². The molecule has 0 aliphatic heterocycles. The van der Waals surface area contributed by atoms with E-state index < -0.39 is 0 Å². The predicted octanol–water partition coefficient (Wildman–Crippen LogP) is 8.05. The molecule has 0 spiro atoms. The quantitative estimate of drug-likeness (QED) is 0.307. The smallest absolute Gasteiger partial charge is 0.0549 e. The first kappa shape index (κ1) is 26.0. The van der Waals surface area contributed by atoms with Gasteiger partial charge in [0.1, 0.15) is 0 Å². The monoisotopic (exact) mass is 450 g/mol. The molecule has 1 aliphatic carbocycles. The maximum atomic E-state index is 6.27. The molecule has 0 aromatic heterocycles. The summed E-state index contributed by atoms with van der Waals surface area (Å²) in [6.07, 6.45) is 10.0. The molecule has 2 unspecified atom stereocenters. The van der Waals surface area contributed by atoms with Gasteiger partial charge < -0.3 is 9.47 Å². The molecule has 1 aliphatic rings. The number of rotatable bonds is 13. The van der Waals surface area contributed by atoms with Gasteiger partial charge in [-0.1, -0.05) is 100 Å². The van der Waals surface area contributed by atoms with Crippen molar-refractivity contribution in [3.63, 3.8) is 0 Å². The Morgan fingerprint density at radius 3 is 1.85 bits per heavy atom.